The van der Waals surface area contributed by atoms with E-state index in [2.05, 4.69) is 10.2 Å². The van der Waals surface area contributed by atoms with E-state index in [-0.39, 0.29) is 12.4 Å². The highest BCUT2D eigenvalue weighted by Gasteiger charge is 2.42. The molecule has 2 heterocycles. The van der Waals surface area contributed by atoms with Gasteiger partial charge in [0, 0.05) is 36.9 Å². The molecule has 0 radical (unpaired) electrons. The van der Waals surface area contributed by atoms with Crippen LogP contribution < -0.4 is 10.2 Å². The second-order valence-corrected chi connectivity index (χ2v) is 8.06. The molecule has 4 rings (SSSR count). The molecule has 2 aromatic carbocycles. The number of piperazine rings is 1. The van der Waals surface area contributed by atoms with Crippen LogP contribution in [0.3, 0.4) is 0 Å². The van der Waals surface area contributed by atoms with Crippen LogP contribution in [0.5, 0.6) is 0 Å². The normalized spacial score (nSPS) is 21.1. The standard InChI is InChI=1S/C23H24ClFN4O3/c1-2-32-22(31)19-20(15-3-5-16(24)6-4-15)26-23(27-21(19)30)29-13-11-28(12-14-29)18-9-7-17(25)8-10-18/h3-10,19-20H,2,11-14H2,1H3,(H,26,27,30)/t19-,20+/m1/s1. The summed E-state index contributed by atoms with van der Waals surface area (Å²) in [5.74, 6) is -1.94. The van der Waals surface area contributed by atoms with Crippen LogP contribution in [0.25, 0.3) is 0 Å². The van der Waals surface area contributed by atoms with Crippen molar-refractivity contribution in [3.8, 4) is 0 Å². The highest BCUT2D eigenvalue weighted by atomic mass is 35.5. The molecule has 0 aliphatic carbocycles. The fourth-order valence-corrected chi connectivity index (χ4v) is 4.08. The number of nitrogens with zero attached hydrogens (tertiary/aromatic N) is 3. The Bertz CT molecular complexity index is 1000. The maximum Gasteiger partial charge on any atom is 0.321 e. The van der Waals surface area contributed by atoms with Gasteiger partial charge in [-0.3, -0.25) is 14.9 Å². The monoisotopic (exact) mass is 458 g/mol. The molecule has 1 fully saturated rings. The minimum absolute atomic E-state index is 0.178. The molecule has 1 amide bonds. The van der Waals surface area contributed by atoms with Crippen LogP contribution in [0.4, 0.5) is 10.1 Å². The summed E-state index contributed by atoms with van der Waals surface area (Å²) in [6.07, 6.45) is 0. The van der Waals surface area contributed by atoms with Crippen molar-refractivity contribution in [1.29, 1.82) is 0 Å². The highest BCUT2D eigenvalue weighted by Crippen LogP contribution is 2.32. The molecule has 0 aromatic heterocycles. The number of rotatable bonds is 4. The quantitative estimate of drug-likeness (QED) is 0.563. The third-order valence-electron chi connectivity index (χ3n) is 5.62. The van der Waals surface area contributed by atoms with Crippen LogP contribution in [-0.4, -0.2) is 55.5 Å². The number of carbonyl (C=O) groups excluding carboxylic acids is 2. The SMILES string of the molecule is CCOC(=O)[C@H]1C(=O)NC(N2CCN(c3ccc(F)cc3)CC2)=N[C@H]1c1ccc(Cl)cc1. The number of hydrogen-bond acceptors (Lipinski definition) is 6. The molecule has 0 unspecified atom stereocenters. The van der Waals surface area contributed by atoms with E-state index in [1.807, 2.05) is 4.90 Å². The lowest BCUT2D eigenvalue weighted by Crippen LogP contribution is -2.57. The molecule has 1 N–H and O–H groups in total. The Kier molecular flexibility index (Phi) is 6.60. The summed E-state index contributed by atoms with van der Waals surface area (Å²) in [6, 6.07) is 12.7. The number of ether oxygens (including phenoxy) is 1. The van der Waals surface area contributed by atoms with Gasteiger partial charge in [0.1, 0.15) is 11.9 Å². The number of halogens is 2. The molecular formula is C23H24ClFN4O3. The van der Waals surface area contributed by atoms with Gasteiger partial charge in [0.25, 0.3) is 0 Å². The molecule has 2 aliphatic rings. The van der Waals surface area contributed by atoms with Gasteiger partial charge in [-0.05, 0) is 48.9 Å². The summed E-state index contributed by atoms with van der Waals surface area (Å²) < 4.78 is 18.3. The Labute approximate surface area is 190 Å². The highest BCUT2D eigenvalue weighted by molar-refractivity contribution is 6.30. The number of benzene rings is 2. The van der Waals surface area contributed by atoms with E-state index in [1.54, 1.807) is 43.3 Å². The van der Waals surface area contributed by atoms with Gasteiger partial charge in [0.05, 0.1) is 6.61 Å². The first kappa shape index (κ1) is 22.1. The van der Waals surface area contributed by atoms with E-state index < -0.39 is 23.8 Å². The Morgan fingerprint density at radius 1 is 1.09 bits per heavy atom. The van der Waals surface area contributed by atoms with E-state index in [1.165, 1.54) is 12.1 Å². The molecule has 0 saturated carbocycles. The third-order valence-corrected chi connectivity index (χ3v) is 5.87. The van der Waals surface area contributed by atoms with Gasteiger partial charge in [0.15, 0.2) is 5.92 Å². The number of nitrogens with one attached hydrogen (secondary N) is 1. The van der Waals surface area contributed by atoms with Crippen molar-refractivity contribution in [3.05, 3.63) is 64.9 Å². The van der Waals surface area contributed by atoms with Crippen molar-refractivity contribution in [3.63, 3.8) is 0 Å². The van der Waals surface area contributed by atoms with Gasteiger partial charge in [-0.1, -0.05) is 23.7 Å². The number of hydrogen-bond donors (Lipinski definition) is 1. The third kappa shape index (κ3) is 4.70. The number of anilines is 1. The van der Waals surface area contributed by atoms with Gasteiger partial charge >= 0.3 is 5.97 Å². The number of guanidine groups is 1. The Balaban J connectivity index is 1.55. The number of aliphatic imine (C=N–C) groups is 1. The molecule has 2 aromatic rings. The van der Waals surface area contributed by atoms with Crippen molar-refractivity contribution in [2.75, 3.05) is 37.7 Å². The van der Waals surface area contributed by atoms with Gasteiger partial charge in [0.2, 0.25) is 11.9 Å². The maximum absolute atomic E-state index is 13.2. The zero-order valence-electron chi connectivity index (χ0n) is 17.6. The summed E-state index contributed by atoms with van der Waals surface area (Å²) >= 11 is 6.01. The van der Waals surface area contributed by atoms with E-state index in [0.717, 1.165) is 5.69 Å². The van der Waals surface area contributed by atoms with E-state index in [9.17, 15) is 14.0 Å². The summed E-state index contributed by atoms with van der Waals surface area (Å²) in [4.78, 5) is 34.4. The molecule has 0 bridgehead atoms. The van der Waals surface area contributed by atoms with Crippen LogP contribution >= 0.6 is 11.6 Å². The fraction of sp³-hybridized carbons (Fsp3) is 0.348. The molecule has 7 nitrogen and oxygen atoms in total. The van der Waals surface area contributed by atoms with Gasteiger partial charge < -0.3 is 14.5 Å². The first-order valence-corrected chi connectivity index (χ1v) is 10.9. The summed E-state index contributed by atoms with van der Waals surface area (Å²) in [5, 5.41) is 3.35. The summed E-state index contributed by atoms with van der Waals surface area (Å²) in [6.45, 7) is 4.49. The number of carbonyl (C=O) groups is 2. The molecule has 9 heteroatoms. The number of esters is 1. The largest absolute Gasteiger partial charge is 0.465 e. The summed E-state index contributed by atoms with van der Waals surface area (Å²) in [7, 11) is 0. The van der Waals surface area contributed by atoms with Crippen molar-refractivity contribution >= 4 is 35.1 Å². The molecular weight excluding hydrogens is 435 g/mol. The van der Waals surface area contributed by atoms with Gasteiger partial charge in [-0.15, -0.1) is 0 Å². The van der Waals surface area contributed by atoms with Crippen LogP contribution in [0.2, 0.25) is 5.02 Å². The topological polar surface area (TPSA) is 74.2 Å². The second-order valence-electron chi connectivity index (χ2n) is 7.62. The predicted octanol–water partition coefficient (Wildman–Crippen LogP) is 3.01. The zero-order chi connectivity index (χ0) is 22.7. The van der Waals surface area contributed by atoms with E-state index in [0.29, 0.717) is 42.7 Å². The average Bonchev–Trinajstić information content (AvgIpc) is 2.80. The van der Waals surface area contributed by atoms with E-state index >= 15 is 0 Å². The Hall–Kier alpha value is -3.13. The minimum atomic E-state index is -1.07. The van der Waals surface area contributed by atoms with E-state index in [4.69, 9.17) is 21.3 Å². The van der Waals surface area contributed by atoms with Crippen molar-refractivity contribution in [1.82, 2.24) is 10.2 Å². The Morgan fingerprint density at radius 2 is 1.72 bits per heavy atom. The fourth-order valence-electron chi connectivity index (χ4n) is 3.95. The smallest absolute Gasteiger partial charge is 0.321 e. The van der Waals surface area contributed by atoms with Gasteiger partial charge in [-0.25, -0.2) is 9.38 Å². The first-order chi connectivity index (χ1) is 15.5. The lowest BCUT2D eigenvalue weighted by Gasteiger charge is -2.39. The Morgan fingerprint density at radius 3 is 2.34 bits per heavy atom. The average molecular weight is 459 g/mol. The van der Waals surface area contributed by atoms with Gasteiger partial charge in [-0.2, -0.15) is 0 Å². The molecule has 2 atom stereocenters. The van der Waals surface area contributed by atoms with Crippen LogP contribution in [0.1, 0.15) is 18.5 Å². The zero-order valence-corrected chi connectivity index (χ0v) is 18.4. The molecule has 2 aliphatic heterocycles. The van der Waals surface area contributed by atoms with Crippen LogP contribution in [0.15, 0.2) is 53.5 Å². The number of amides is 1. The second kappa shape index (κ2) is 9.56. The predicted molar refractivity (Wildman–Crippen MR) is 120 cm³/mol. The maximum atomic E-state index is 13.2. The molecule has 1 saturated heterocycles. The minimum Gasteiger partial charge on any atom is -0.465 e. The van der Waals surface area contributed by atoms with Crippen molar-refractivity contribution < 1.29 is 18.7 Å². The van der Waals surface area contributed by atoms with Crippen LogP contribution in [-0.2, 0) is 14.3 Å². The molecule has 32 heavy (non-hydrogen) atoms. The lowest BCUT2D eigenvalue weighted by molar-refractivity contribution is -0.153. The lowest BCUT2D eigenvalue weighted by atomic mass is 9.91. The molecule has 0 spiro atoms. The van der Waals surface area contributed by atoms with Crippen molar-refractivity contribution in [2.45, 2.75) is 13.0 Å². The van der Waals surface area contributed by atoms with Crippen LogP contribution in [0, 0.1) is 11.7 Å². The summed E-state index contributed by atoms with van der Waals surface area (Å²) in [5.41, 5.74) is 1.66. The van der Waals surface area contributed by atoms with Crippen molar-refractivity contribution in [2.24, 2.45) is 10.9 Å². The first-order valence-electron chi connectivity index (χ1n) is 10.5. The molecule has 168 valence electrons.